The number of hydrogen-bond acceptors (Lipinski definition) is 4. The maximum atomic E-state index is 12.0. The summed E-state index contributed by atoms with van der Waals surface area (Å²) < 4.78 is 1.88. The van der Waals surface area contributed by atoms with Crippen molar-refractivity contribution in [1.82, 2.24) is 9.55 Å². The smallest absolute Gasteiger partial charge is 0.246 e. The fourth-order valence-corrected chi connectivity index (χ4v) is 2.61. The van der Waals surface area contributed by atoms with Crippen molar-refractivity contribution in [3.05, 3.63) is 47.6 Å². The number of aromatic nitrogens is 2. The van der Waals surface area contributed by atoms with Gasteiger partial charge in [0.1, 0.15) is 17.5 Å². The molecular weight excluding hydrogens is 272 g/mol. The summed E-state index contributed by atoms with van der Waals surface area (Å²) in [5.74, 6) is -0.162. The molecule has 5 nitrogen and oxygen atoms in total. The van der Waals surface area contributed by atoms with Crippen molar-refractivity contribution in [3.63, 3.8) is 0 Å². The molecule has 0 aliphatic carbocycles. The van der Waals surface area contributed by atoms with Gasteiger partial charge in [-0.2, -0.15) is 5.26 Å². The fraction of sp³-hybridized carbons (Fsp3) is 0.0714. The van der Waals surface area contributed by atoms with E-state index < -0.39 is 0 Å². The van der Waals surface area contributed by atoms with Gasteiger partial charge in [0, 0.05) is 11.7 Å². The predicted octanol–water partition coefficient (Wildman–Crippen LogP) is 2.61. The van der Waals surface area contributed by atoms with Gasteiger partial charge in [-0.05, 0) is 17.5 Å². The first kappa shape index (κ1) is 12.4. The Labute approximate surface area is 119 Å². The molecule has 0 saturated heterocycles. The second-order valence-corrected chi connectivity index (χ2v) is 5.22. The molecule has 6 heteroatoms. The molecule has 2 heterocycles. The van der Waals surface area contributed by atoms with Crippen molar-refractivity contribution in [1.29, 1.82) is 5.26 Å². The van der Waals surface area contributed by atoms with Crippen LogP contribution in [0.1, 0.15) is 4.88 Å². The SMILES string of the molecule is N#Cc1cnc(NC(=O)Cn2ccc3ccccc32)s1. The van der Waals surface area contributed by atoms with Crippen LogP contribution in [0, 0.1) is 11.3 Å². The number of carbonyl (C=O) groups excluding carboxylic acids is 1. The quantitative estimate of drug-likeness (QED) is 0.802. The standard InChI is InChI=1S/C14H10N4OS/c15-7-11-8-16-14(20-11)17-13(19)9-18-6-5-10-3-1-2-4-12(10)18/h1-6,8H,9H2,(H,16,17,19). The van der Waals surface area contributed by atoms with Crippen LogP contribution in [0.4, 0.5) is 5.13 Å². The van der Waals surface area contributed by atoms with Crippen LogP contribution in [-0.4, -0.2) is 15.5 Å². The average molecular weight is 282 g/mol. The normalized spacial score (nSPS) is 10.3. The van der Waals surface area contributed by atoms with E-state index in [1.54, 1.807) is 0 Å². The number of anilines is 1. The zero-order valence-electron chi connectivity index (χ0n) is 10.4. The molecule has 1 N–H and O–H groups in total. The number of nitriles is 1. The highest BCUT2D eigenvalue weighted by atomic mass is 32.1. The lowest BCUT2D eigenvalue weighted by atomic mass is 10.2. The molecular formula is C14H10N4OS. The Morgan fingerprint density at radius 1 is 1.40 bits per heavy atom. The van der Waals surface area contributed by atoms with Gasteiger partial charge in [-0.1, -0.05) is 29.5 Å². The van der Waals surface area contributed by atoms with Crippen molar-refractivity contribution < 1.29 is 4.79 Å². The molecule has 0 aliphatic heterocycles. The molecule has 3 rings (SSSR count). The summed E-state index contributed by atoms with van der Waals surface area (Å²) in [6.45, 7) is 0.217. The first-order valence-corrected chi connectivity index (χ1v) is 6.77. The molecule has 1 amide bonds. The second-order valence-electron chi connectivity index (χ2n) is 4.19. The monoisotopic (exact) mass is 282 g/mol. The number of amides is 1. The van der Waals surface area contributed by atoms with Gasteiger partial charge in [0.05, 0.1) is 6.20 Å². The third-order valence-electron chi connectivity index (χ3n) is 2.86. The minimum Gasteiger partial charge on any atom is -0.338 e. The Morgan fingerprint density at radius 3 is 3.05 bits per heavy atom. The summed E-state index contributed by atoms with van der Waals surface area (Å²) in [6, 6.07) is 11.8. The Balaban J connectivity index is 1.74. The summed E-state index contributed by atoms with van der Waals surface area (Å²) >= 11 is 1.16. The molecule has 0 atom stereocenters. The van der Waals surface area contributed by atoms with Crippen molar-refractivity contribution in [2.75, 3.05) is 5.32 Å². The minimum absolute atomic E-state index is 0.162. The molecule has 98 valence electrons. The largest absolute Gasteiger partial charge is 0.338 e. The second kappa shape index (κ2) is 5.15. The van der Waals surface area contributed by atoms with E-state index in [4.69, 9.17) is 5.26 Å². The van der Waals surface area contributed by atoms with E-state index in [0.29, 0.717) is 10.0 Å². The van der Waals surface area contributed by atoms with Crippen molar-refractivity contribution in [3.8, 4) is 6.07 Å². The topological polar surface area (TPSA) is 70.7 Å². The van der Waals surface area contributed by atoms with Crippen LogP contribution in [0.25, 0.3) is 10.9 Å². The first-order valence-electron chi connectivity index (χ1n) is 5.96. The Hall–Kier alpha value is -2.65. The van der Waals surface area contributed by atoms with Gasteiger partial charge in [0.2, 0.25) is 5.91 Å². The summed E-state index contributed by atoms with van der Waals surface area (Å²) in [6.07, 6.45) is 3.33. The molecule has 1 aromatic carbocycles. The van der Waals surface area contributed by atoms with Crippen molar-refractivity contribution in [2.45, 2.75) is 6.54 Å². The van der Waals surface area contributed by atoms with Crippen LogP contribution in [0.2, 0.25) is 0 Å². The average Bonchev–Trinajstić information content (AvgIpc) is 3.06. The highest BCUT2D eigenvalue weighted by molar-refractivity contribution is 7.16. The number of benzene rings is 1. The predicted molar refractivity (Wildman–Crippen MR) is 77.4 cm³/mol. The van der Waals surface area contributed by atoms with Crippen LogP contribution in [0.15, 0.2) is 42.7 Å². The lowest BCUT2D eigenvalue weighted by Gasteiger charge is -2.05. The van der Waals surface area contributed by atoms with E-state index in [-0.39, 0.29) is 12.5 Å². The molecule has 0 unspecified atom stereocenters. The van der Waals surface area contributed by atoms with Crippen LogP contribution < -0.4 is 5.32 Å². The summed E-state index contributed by atoms with van der Waals surface area (Å²) in [7, 11) is 0. The molecule has 0 aliphatic rings. The fourth-order valence-electron chi connectivity index (χ4n) is 1.98. The molecule has 0 spiro atoms. The Kier molecular flexibility index (Phi) is 3.19. The third-order valence-corrected chi connectivity index (χ3v) is 3.67. The van der Waals surface area contributed by atoms with Gasteiger partial charge in [-0.25, -0.2) is 4.98 Å². The third kappa shape index (κ3) is 2.39. The number of nitrogens with one attached hydrogen (secondary N) is 1. The van der Waals surface area contributed by atoms with Crippen molar-refractivity contribution >= 4 is 33.3 Å². The number of nitrogens with zero attached hydrogens (tertiary/aromatic N) is 3. The van der Waals surface area contributed by atoms with E-state index in [1.165, 1.54) is 6.20 Å². The lowest BCUT2D eigenvalue weighted by molar-refractivity contribution is -0.116. The molecule has 0 bridgehead atoms. The number of hydrogen-bond donors (Lipinski definition) is 1. The number of fused-ring (bicyclic) bond motifs is 1. The van der Waals surface area contributed by atoms with E-state index in [1.807, 2.05) is 47.2 Å². The number of para-hydroxylation sites is 1. The van der Waals surface area contributed by atoms with Gasteiger partial charge in [-0.15, -0.1) is 0 Å². The first-order chi connectivity index (χ1) is 9.76. The van der Waals surface area contributed by atoms with Crippen molar-refractivity contribution in [2.24, 2.45) is 0 Å². The summed E-state index contributed by atoms with van der Waals surface area (Å²) in [4.78, 5) is 16.4. The maximum absolute atomic E-state index is 12.0. The van der Waals surface area contributed by atoms with E-state index in [9.17, 15) is 4.79 Å². The van der Waals surface area contributed by atoms with Gasteiger partial charge in [0.15, 0.2) is 5.13 Å². The lowest BCUT2D eigenvalue weighted by Crippen LogP contribution is -2.17. The molecule has 0 saturated carbocycles. The van der Waals surface area contributed by atoms with Gasteiger partial charge in [-0.3, -0.25) is 4.79 Å². The van der Waals surface area contributed by atoms with E-state index >= 15 is 0 Å². The van der Waals surface area contributed by atoms with Crippen LogP contribution in [0.3, 0.4) is 0 Å². The zero-order chi connectivity index (χ0) is 13.9. The van der Waals surface area contributed by atoms with Crippen LogP contribution in [-0.2, 0) is 11.3 Å². The highest BCUT2D eigenvalue weighted by Crippen LogP contribution is 2.18. The molecule has 0 fully saturated rings. The van der Waals surface area contributed by atoms with Gasteiger partial charge >= 0.3 is 0 Å². The summed E-state index contributed by atoms with van der Waals surface area (Å²) in [5, 5.41) is 13.0. The zero-order valence-corrected chi connectivity index (χ0v) is 11.2. The number of carbonyl (C=O) groups is 1. The highest BCUT2D eigenvalue weighted by Gasteiger charge is 2.08. The molecule has 2 aromatic heterocycles. The molecule has 3 aromatic rings. The molecule has 20 heavy (non-hydrogen) atoms. The number of thiazole rings is 1. The number of rotatable bonds is 3. The Bertz CT molecular complexity index is 812. The van der Waals surface area contributed by atoms with Gasteiger partial charge < -0.3 is 9.88 Å². The maximum Gasteiger partial charge on any atom is 0.246 e. The molecule has 0 radical (unpaired) electrons. The van der Waals surface area contributed by atoms with E-state index in [2.05, 4.69) is 10.3 Å². The summed E-state index contributed by atoms with van der Waals surface area (Å²) in [5.41, 5.74) is 1.01. The Morgan fingerprint density at radius 2 is 2.25 bits per heavy atom. The van der Waals surface area contributed by atoms with Crippen LogP contribution in [0.5, 0.6) is 0 Å². The minimum atomic E-state index is -0.162. The van der Waals surface area contributed by atoms with E-state index in [0.717, 1.165) is 22.2 Å². The van der Waals surface area contributed by atoms with Crippen LogP contribution >= 0.6 is 11.3 Å². The van der Waals surface area contributed by atoms with Gasteiger partial charge in [0.25, 0.3) is 0 Å².